The Morgan fingerprint density at radius 3 is 2.38 bits per heavy atom. The van der Waals surface area contributed by atoms with Gasteiger partial charge < -0.3 is 20.0 Å². The summed E-state index contributed by atoms with van der Waals surface area (Å²) in [6.45, 7) is 4.35. The van der Waals surface area contributed by atoms with E-state index in [1.54, 1.807) is 11.8 Å². The highest BCUT2D eigenvalue weighted by Gasteiger charge is 2.26. The SMILES string of the molecule is CC(=O)N(C)C1CCN(C(=O)NCCN(C)c2ccccc2)CC1. The summed E-state index contributed by atoms with van der Waals surface area (Å²) in [5, 5.41) is 2.98. The first-order chi connectivity index (χ1) is 11.5. The fraction of sp³-hybridized carbons (Fsp3) is 0.556. The molecule has 1 aliphatic heterocycles. The van der Waals surface area contributed by atoms with E-state index in [0.717, 1.165) is 25.1 Å². The van der Waals surface area contributed by atoms with Gasteiger partial charge in [0, 0.05) is 58.9 Å². The summed E-state index contributed by atoms with van der Waals surface area (Å²) in [6.07, 6.45) is 1.68. The van der Waals surface area contributed by atoms with Crippen molar-refractivity contribution in [2.45, 2.75) is 25.8 Å². The highest BCUT2D eigenvalue weighted by Crippen LogP contribution is 2.15. The van der Waals surface area contributed by atoms with Gasteiger partial charge >= 0.3 is 6.03 Å². The lowest BCUT2D eigenvalue weighted by molar-refractivity contribution is -0.130. The first kappa shape index (κ1) is 18.1. The standard InChI is InChI=1S/C18H28N4O2/c1-15(23)21(3)17-9-12-22(13-10-17)18(24)19-11-14-20(2)16-7-5-4-6-8-16/h4-8,17H,9-14H2,1-3H3,(H,19,24). The fourth-order valence-electron chi connectivity index (χ4n) is 2.97. The van der Waals surface area contributed by atoms with Crippen molar-refractivity contribution in [3.63, 3.8) is 0 Å². The van der Waals surface area contributed by atoms with Crippen molar-refractivity contribution in [2.24, 2.45) is 0 Å². The number of hydrogen-bond acceptors (Lipinski definition) is 3. The first-order valence-corrected chi connectivity index (χ1v) is 8.51. The molecule has 24 heavy (non-hydrogen) atoms. The van der Waals surface area contributed by atoms with Crippen LogP contribution in [0.5, 0.6) is 0 Å². The predicted octanol–water partition coefficient (Wildman–Crippen LogP) is 1.78. The van der Waals surface area contributed by atoms with Crippen LogP contribution in [0.3, 0.4) is 0 Å². The van der Waals surface area contributed by atoms with E-state index in [-0.39, 0.29) is 18.0 Å². The molecule has 0 aliphatic carbocycles. The molecule has 0 spiro atoms. The second kappa shape index (κ2) is 8.57. The maximum absolute atomic E-state index is 12.2. The Hall–Kier alpha value is -2.24. The zero-order chi connectivity index (χ0) is 17.5. The van der Waals surface area contributed by atoms with Gasteiger partial charge in [0.2, 0.25) is 5.91 Å². The van der Waals surface area contributed by atoms with Gasteiger partial charge in [-0.3, -0.25) is 4.79 Å². The number of likely N-dealkylation sites (tertiary alicyclic amines) is 1. The highest BCUT2D eigenvalue weighted by molar-refractivity contribution is 5.75. The van der Waals surface area contributed by atoms with Crippen LogP contribution in [-0.4, -0.2) is 68.1 Å². The number of nitrogens with one attached hydrogen (secondary N) is 1. The predicted molar refractivity (Wildman–Crippen MR) is 96.1 cm³/mol. The van der Waals surface area contributed by atoms with Gasteiger partial charge in [0.1, 0.15) is 0 Å². The van der Waals surface area contributed by atoms with Gasteiger partial charge in [-0.1, -0.05) is 18.2 Å². The Balaban J connectivity index is 1.69. The lowest BCUT2D eigenvalue weighted by Crippen LogP contribution is -2.50. The molecule has 0 unspecified atom stereocenters. The summed E-state index contributed by atoms with van der Waals surface area (Å²) in [4.78, 5) is 29.4. The van der Waals surface area contributed by atoms with Crippen LogP contribution in [0.4, 0.5) is 10.5 Å². The summed E-state index contributed by atoms with van der Waals surface area (Å²) in [5.41, 5.74) is 1.14. The summed E-state index contributed by atoms with van der Waals surface area (Å²) in [7, 11) is 3.85. The number of amides is 3. The number of benzene rings is 1. The number of urea groups is 1. The number of nitrogens with zero attached hydrogens (tertiary/aromatic N) is 3. The van der Waals surface area contributed by atoms with Crippen molar-refractivity contribution in [3.8, 4) is 0 Å². The number of anilines is 1. The maximum atomic E-state index is 12.2. The first-order valence-electron chi connectivity index (χ1n) is 8.51. The minimum Gasteiger partial charge on any atom is -0.373 e. The molecule has 1 aromatic rings. The van der Waals surface area contributed by atoms with Gasteiger partial charge in [-0.25, -0.2) is 4.79 Å². The van der Waals surface area contributed by atoms with Gasteiger partial charge in [0.05, 0.1) is 0 Å². The topological polar surface area (TPSA) is 55.9 Å². The van der Waals surface area contributed by atoms with Crippen LogP contribution in [0.1, 0.15) is 19.8 Å². The van der Waals surface area contributed by atoms with E-state index in [1.165, 1.54) is 0 Å². The molecule has 2 rings (SSSR count). The number of para-hydroxylation sites is 1. The molecule has 1 aliphatic rings. The third-order valence-electron chi connectivity index (χ3n) is 4.72. The van der Waals surface area contributed by atoms with Crippen molar-refractivity contribution in [3.05, 3.63) is 30.3 Å². The molecule has 3 amide bonds. The van der Waals surface area contributed by atoms with Gasteiger partial charge in [0.15, 0.2) is 0 Å². The molecular weight excluding hydrogens is 304 g/mol. The van der Waals surface area contributed by atoms with E-state index in [9.17, 15) is 9.59 Å². The van der Waals surface area contributed by atoms with E-state index in [1.807, 2.05) is 37.2 Å². The Labute approximate surface area is 144 Å². The number of carbonyl (C=O) groups excluding carboxylic acids is 2. The third-order valence-corrected chi connectivity index (χ3v) is 4.72. The van der Waals surface area contributed by atoms with Crippen LogP contribution in [0.25, 0.3) is 0 Å². The molecule has 1 fully saturated rings. The average molecular weight is 332 g/mol. The lowest BCUT2D eigenvalue weighted by atomic mass is 10.0. The van der Waals surface area contributed by atoms with Crippen LogP contribution in [0.15, 0.2) is 30.3 Å². The van der Waals surface area contributed by atoms with E-state index in [0.29, 0.717) is 19.6 Å². The van der Waals surface area contributed by atoms with Gasteiger partial charge in [0.25, 0.3) is 0 Å². The van der Waals surface area contributed by atoms with Crippen molar-refractivity contribution >= 4 is 17.6 Å². The third kappa shape index (κ3) is 4.88. The summed E-state index contributed by atoms with van der Waals surface area (Å²) in [5.74, 6) is 0.0850. The molecule has 1 heterocycles. The van der Waals surface area contributed by atoms with Crippen LogP contribution >= 0.6 is 0 Å². The molecular formula is C18H28N4O2. The van der Waals surface area contributed by atoms with Crippen molar-refractivity contribution in [1.82, 2.24) is 15.1 Å². The summed E-state index contributed by atoms with van der Waals surface area (Å²) < 4.78 is 0. The smallest absolute Gasteiger partial charge is 0.317 e. The molecule has 1 aromatic carbocycles. The molecule has 1 saturated heterocycles. The largest absolute Gasteiger partial charge is 0.373 e. The number of carbonyl (C=O) groups is 2. The normalized spacial score (nSPS) is 15.0. The second-order valence-corrected chi connectivity index (χ2v) is 6.34. The Kier molecular flexibility index (Phi) is 6.46. The average Bonchev–Trinajstić information content (AvgIpc) is 2.61. The van der Waals surface area contributed by atoms with Gasteiger partial charge in [-0.05, 0) is 25.0 Å². The van der Waals surface area contributed by atoms with Crippen molar-refractivity contribution in [2.75, 3.05) is 45.2 Å². The Bertz CT molecular complexity index is 541. The Morgan fingerprint density at radius 1 is 1.17 bits per heavy atom. The zero-order valence-corrected chi connectivity index (χ0v) is 14.9. The summed E-state index contributed by atoms with van der Waals surface area (Å²) in [6, 6.07) is 10.3. The molecule has 0 aromatic heterocycles. The quantitative estimate of drug-likeness (QED) is 0.894. The van der Waals surface area contributed by atoms with E-state index in [4.69, 9.17) is 0 Å². The number of piperidine rings is 1. The van der Waals surface area contributed by atoms with E-state index in [2.05, 4.69) is 22.3 Å². The molecule has 0 radical (unpaired) electrons. The maximum Gasteiger partial charge on any atom is 0.317 e. The number of rotatable bonds is 5. The minimum atomic E-state index is -0.0135. The summed E-state index contributed by atoms with van der Waals surface area (Å²) >= 11 is 0. The van der Waals surface area contributed by atoms with Gasteiger partial charge in [-0.2, -0.15) is 0 Å². The minimum absolute atomic E-state index is 0.0135. The molecule has 6 nitrogen and oxygen atoms in total. The monoisotopic (exact) mass is 332 g/mol. The van der Waals surface area contributed by atoms with Gasteiger partial charge in [-0.15, -0.1) is 0 Å². The number of likely N-dealkylation sites (N-methyl/N-ethyl adjacent to an activating group) is 1. The second-order valence-electron chi connectivity index (χ2n) is 6.34. The molecule has 0 saturated carbocycles. The molecule has 0 atom stereocenters. The zero-order valence-electron chi connectivity index (χ0n) is 14.9. The molecule has 6 heteroatoms. The molecule has 1 N–H and O–H groups in total. The van der Waals surface area contributed by atoms with Crippen molar-refractivity contribution < 1.29 is 9.59 Å². The van der Waals surface area contributed by atoms with Crippen LogP contribution in [0.2, 0.25) is 0 Å². The number of hydrogen-bond donors (Lipinski definition) is 1. The van der Waals surface area contributed by atoms with Crippen molar-refractivity contribution in [1.29, 1.82) is 0 Å². The lowest BCUT2D eigenvalue weighted by Gasteiger charge is -2.36. The molecule has 132 valence electrons. The highest BCUT2D eigenvalue weighted by atomic mass is 16.2. The Morgan fingerprint density at radius 2 is 1.79 bits per heavy atom. The van der Waals surface area contributed by atoms with Crippen LogP contribution in [0, 0.1) is 0 Å². The van der Waals surface area contributed by atoms with Crippen LogP contribution < -0.4 is 10.2 Å². The van der Waals surface area contributed by atoms with E-state index >= 15 is 0 Å². The van der Waals surface area contributed by atoms with Crippen LogP contribution in [-0.2, 0) is 4.79 Å². The fourth-order valence-corrected chi connectivity index (χ4v) is 2.97. The molecule has 0 bridgehead atoms. The van der Waals surface area contributed by atoms with E-state index < -0.39 is 0 Å².